The second kappa shape index (κ2) is 9.32. The molecule has 2 unspecified atom stereocenters. The first-order valence-electron chi connectivity index (χ1n) is 7.99. The summed E-state index contributed by atoms with van der Waals surface area (Å²) < 4.78 is 5.70. The Labute approximate surface area is 123 Å². The molecule has 0 bridgehead atoms. The molecule has 0 radical (unpaired) electrons. The summed E-state index contributed by atoms with van der Waals surface area (Å²) in [6.45, 7) is 10.9. The molecule has 2 atom stereocenters. The number of carbonyl (C=O) groups is 1. The molecule has 0 aliphatic carbocycles. The molecule has 1 aliphatic heterocycles. The van der Waals surface area contributed by atoms with Crippen LogP contribution in [0.2, 0.25) is 0 Å². The standard InChI is InChI=1S/C15H31N3O2/c1-4-17(5-2)15(19)10-13(11-16)18(6-3)12-14-8-7-9-20-14/h13-14H,4-12,16H2,1-3H3. The van der Waals surface area contributed by atoms with E-state index in [4.69, 9.17) is 10.5 Å². The van der Waals surface area contributed by atoms with Gasteiger partial charge in [0.2, 0.25) is 5.91 Å². The van der Waals surface area contributed by atoms with Crippen LogP contribution in [0.3, 0.4) is 0 Å². The van der Waals surface area contributed by atoms with Gasteiger partial charge < -0.3 is 15.4 Å². The van der Waals surface area contributed by atoms with E-state index in [1.165, 1.54) is 0 Å². The van der Waals surface area contributed by atoms with Crippen molar-refractivity contribution >= 4 is 5.91 Å². The molecular weight excluding hydrogens is 254 g/mol. The number of likely N-dealkylation sites (N-methyl/N-ethyl adjacent to an activating group) is 1. The smallest absolute Gasteiger partial charge is 0.224 e. The summed E-state index contributed by atoms with van der Waals surface area (Å²) in [6.07, 6.45) is 3.09. The van der Waals surface area contributed by atoms with Gasteiger partial charge in [0.05, 0.1) is 6.10 Å². The predicted octanol–water partition coefficient (Wildman–Crippen LogP) is 1.07. The van der Waals surface area contributed by atoms with Crippen molar-refractivity contribution in [2.24, 2.45) is 5.73 Å². The molecule has 0 aromatic rings. The monoisotopic (exact) mass is 285 g/mol. The number of ether oxygens (including phenoxy) is 1. The second-order valence-corrected chi connectivity index (χ2v) is 5.38. The lowest BCUT2D eigenvalue weighted by Gasteiger charge is -2.32. The van der Waals surface area contributed by atoms with Gasteiger partial charge in [0.1, 0.15) is 0 Å². The summed E-state index contributed by atoms with van der Waals surface area (Å²) in [7, 11) is 0. The van der Waals surface area contributed by atoms with Gasteiger partial charge in [-0.1, -0.05) is 6.92 Å². The number of nitrogens with zero attached hydrogens (tertiary/aromatic N) is 2. The molecule has 20 heavy (non-hydrogen) atoms. The fourth-order valence-corrected chi connectivity index (χ4v) is 2.85. The van der Waals surface area contributed by atoms with Crippen LogP contribution < -0.4 is 5.73 Å². The van der Waals surface area contributed by atoms with Crippen LogP contribution in [0.5, 0.6) is 0 Å². The Kier molecular flexibility index (Phi) is 8.11. The van der Waals surface area contributed by atoms with Crippen LogP contribution in [0.15, 0.2) is 0 Å². The molecule has 0 saturated carbocycles. The van der Waals surface area contributed by atoms with Crippen LogP contribution in [0.1, 0.15) is 40.0 Å². The lowest BCUT2D eigenvalue weighted by Crippen LogP contribution is -2.47. The molecular formula is C15H31N3O2. The van der Waals surface area contributed by atoms with Crippen LogP contribution in [-0.4, -0.2) is 67.2 Å². The average Bonchev–Trinajstić information content (AvgIpc) is 2.96. The number of carbonyl (C=O) groups excluding carboxylic acids is 1. The molecule has 0 aromatic heterocycles. The van der Waals surface area contributed by atoms with Crippen LogP contribution >= 0.6 is 0 Å². The third-order valence-electron chi connectivity index (χ3n) is 4.18. The molecule has 1 rings (SSSR count). The van der Waals surface area contributed by atoms with E-state index in [1.54, 1.807) is 0 Å². The van der Waals surface area contributed by atoms with E-state index in [1.807, 2.05) is 18.7 Å². The molecule has 1 fully saturated rings. The minimum Gasteiger partial charge on any atom is -0.377 e. The highest BCUT2D eigenvalue weighted by Crippen LogP contribution is 2.16. The molecule has 1 aliphatic rings. The molecule has 118 valence electrons. The van der Waals surface area contributed by atoms with Crippen molar-refractivity contribution in [1.82, 2.24) is 9.80 Å². The molecule has 1 heterocycles. The van der Waals surface area contributed by atoms with Gasteiger partial charge in [-0.25, -0.2) is 0 Å². The van der Waals surface area contributed by atoms with E-state index in [9.17, 15) is 4.79 Å². The highest BCUT2D eigenvalue weighted by Gasteiger charge is 2.25. The van der Waals surface area contributed by atoms with Crippen LogP contribution in [0.4, 0.5) is 0 Å². The van der Waals surface area contributed by atoms with Crippen molar-refractivity contribution in [3.63, 3.8) is 0 Å². The summed E-state index contributed by atoms with van der Waals surface area (Å²) in [5.41, 5.74) is 5.90. The topological polar surface area (TPSA) is 58.8 Å². The summed E-state index contributed by atoms with van der Waals surface area (Å²) in [5.74, 6) is 0.205. The number of amides is 1. The minimum absolute atomic E-state index is 0.122. The van der Waals surface area contributed by atoms with E-state index < -0.39 is 0 Å². The zero-order valence-electron chi connectivity index (χ0n) is 13.3. The van der Waals surface area contributed by atoms with E-state index >= 15 is 0 Å². The van der Waals surface area contributed by atoms with Crippen LogP contribution in [0, 0.1) is 0 Å². The minimum atomic E-state index is 0.122. The molecule has 2 N–H and O–H groups in total. The Bertz CT molecular complexity index is 276. The van der Waals surface area contributed by atoms with Crippen molar-refractivity contribution in [1.29, 1.82) is 0 Å². The normalized spacial score (nSPS) is 20.4. The van der Waals surface area contributed by atoms with Gasteiger partial charge in [-0.2, -0.15) is 0 Å². The zero-order valence-corrected chi connectivity index (χ0v) is 13.3. The summed E-state index contributed by atoms with van der Waals surface area (Å²) in [5, 5.41) is 0. The Morgan fingerprint density at radius 1 is 1.30 bits per heavy atom. The lowest BCUT2D eigenvalue weighted by atomic mass is 10.1. The van der Waals surface area contributed by atoms with Crippen molar-refractivity contribution in [3.8, 4) is 0 Å². The van der Waals surface area contributed by atoms with Crippen molar-refractivity contribution in [2.45, 2.75) is 52.2 Å². The van der Waals surface area contributed by atoms with Crippen molar-refractivity contribution in [2.75, 3.05) is 39.3 Å². The Balaban J connectivity index is 2.54. The number of rotatable bonds is 9. The largest absolute Gasteiger partial charge is 0.377 e. The first kappa shape index (κ1) is 17.4. The van der Waals surface area contributed by atoms with Gasteiger partial charge in [0, 0.05) is 45.2 Å². The van der Waals surface area contributed by atoms with Gasteiger partial charge >= 0.3 is 0 Å². The highest BCUT2D eigenvalue weighted by molar-refractivity contribution is 5.76. The van der Waals surface area contributed by atoms with Gasteiger partial charge in [0.15, 0.2) is 0 Å². The number of hydrogen-bond donors (Lipinski definition) is 1. The van der Waals surface area contributed by atoms with E-state index in [0.29, 0.717) is 19.1 Å². The lowest BCUT2D eigenvalue weighted by molar-refractivity contribution is -0.132. The van der Waals surface area contributed by atoms with Crippen molar-refractivity contribution < 1.29 is 9.53 Å². The van der Waals surface area contributed by atoms with Gasteiger partial charge in [-0.3, -0.25) is 9.69 Å². The van der Waals surface area contributed by atoms with Crippen LogP contribution in [-0.2, 0) is 9.53 Å². The zero-order chi connectivity index (χ0) is 15.0. The summed E-state index contributed by atoms with van der Waals surface area (Å²) >= 11 is 0. The fourth-order valence-electron chi connectivity index (χ4n) is 2.85. The first-order valence-corrected chi connectivity index (χ1v) is 7.99. The molecule has 5 nitrogen and oxygen atoms in total. The molecule has 5 heteroatoms. The van der Waals surface area contributed by atoms with E-state index in [0.717, 1.165) is 45.6 Å². The van der Waals surface area contributed by atoms with Crippen LogP contribution in [0.25, 0.3) is 0 Å². The number of nitrogens with two attached hydrogens (primary N) is 1. The maximum absolute atomic E-state index is 12.2. The molecule has 0 spiro atoms. The quantitative estimate of drug-likeness (QED) is 0.688. The average molecular weight is 285 g/mol. The van der Waals surface area contributed by atoms with Gasteiger partial charge in [-0.05, 0) is 33.2 Å². The summed E-state index contributed by atoms with van der Waals surface area (Å²) in [6, 6.07) is 0.122. The SMILES string of the molecule is CCN(CC)C(=O)CC(CN)N(CC)CC1CCCO1. The Morgan fingerprint density at radius 2 is 2.00 bits per heavy atom. The summed E-state index contributed by atoms with van der Waals surface area (Å²) in [4.78, 5) is 16.4. The predicted molar refractivity (Wildman–Crippen MR) is 81.6 cm³/mol. The third kappa shape index (κ3) is 5.04. The maximum Gasteiger partial charge on any atom is 0.224 e. The molecule has 1 amide bonds. The number of hydrogen-bond acceptors (Lipinski definition) is 4. The fraction of sp³-hybridized carbons (Fsp3) is 0.933. The second-order valence-electron chi connectivity index (χ2n) is 5.38. The van der Waals surface area contributed by atoms with E-state index in [-0.39, 0.29) is 11.9 Å². The first-order chi connectivity index (χ1) is 9.65. The Hall–Kier alpha value is -0.650. The highest BCUT2D eigenvalue weighted by atomic mass is 16.5. The third-order valence-corrected chi connectivity index (χ3v) is 4.18. The van der Waals surface area contributed by atoms with Crippen molar-refractivity contribution in [3.05, 3.63) is 0 Å². The van der Waals surface area contributed by atoms with Gasteiger partial charge in [0.25, 0.3) is 0 Å². The van der Waals surface area contributed by atoms with Gasteiger partial charge in [-0.15, -0.1) is 0 Å². The van der Waals surface area contributed by atoms with E-state index in [2.05, 4.69) is 11.8 Å². The Morgan fingerprint density at radius 3 is 2.45 bits per heavy atom. The molecule has 0 aromatic carbocycles. The maximum atomic E-state index is 12.2. The molecule has 1 saturated heterocycles.